The summed E-state index contributed by atoms with van der Waals surface area (Å²) in [5.41, 5.74) is 0.782. The van der Waals surface area contributed by atoms with Crippen LogP contribution in [0.3, 0.4) is 0 Å². The van der Waals surface area contributed by atoms with Crippen LogP contribution in [0.1, 0.15) is 58.4 Å². The molecule has 2 heterocycles. The maximum Gasteiger partial charge on any atom is 0.226 e. The predicted octanol–water partition coefficient (Wildman–Crippen LogP) is 3.61. The minimum Gasteiger partial charge on any atom is -0.338 e. The molecule has 1 aliphatic rings. The van der Waals surface area contributed by atoms with Crippen molar-refractivity contribution in [2.75, 3.05) is 31.1 Å². The molecule has 1 aliphatic heterocycles. The molecule has 0 atom stereocenters. The van der Waals surface area contributed by atoms with Crippen LogP contribution in [0.15, 0.2) is 24.8 Å². The molecule has 0 unspecified atom stereocenters. The Morgan fingerprint density at radius 1 is 1.03 bits per heavy atom. The van der Waals surface area contributed by atoms with Crippen LogP contribution >= 0.6 is 0 Å². The fourth-order valence-corrected chi connectivity index (χ4v) is 4.45. The summed E-state index contributed by atoms with van der Waals surface area (Å²) in [4.78, 5) is 35.5. The van der Waals surface area contributed by atoms with Crippen LogP contribution in [-0.4, -0.2) is 68.6 Å². The minimum atomic E-state index is -1.00. The Morgan fingerprint density at radius 3 is 2.40 bits per heavy atom. The number of carbonyl (C=O) groups is 2. The number of rotatable bonds is 6. The molecule has 8 nitrogen and oxygen atoms in total. The Morgan fingerprint density at radius 2 is 1.74 bits per heavy atom. The number of halogens is 2. The number of benzene rings is 1. The van der Waals surface area contributed by atoms with Gasteiger partial charge in [-0.1, -0.05) is 6.92 Å². The van der Waals surface area contributed by atoms with Crippen molar-refractivity contribution >= 4 is 17.5 Å². The third-order valence-electron chi connectivity index (χ3n) is 6.40. The summed E-state index contributed by atoms with van der Waals surface area (Å²) >= 11 is 0. The lowest BCUT2D eigenvalue weighted by Gasteiger charge is -2.33. The van der Waals surface area contributed by atoms with Crippen LogP contribution in [-0.2, 0) is 22.7 Å². The van der Waals surface area contributed by atoms with Gasteiger partial charge >= 0.3 is 0 Å². The van der Waals surface area contributed by atoms with Crippen molar-refractivity contribution in [1.82, 2.24) is 24.6 Å². The van der Waals surface area contributed by atoms with Gasteiger partial charge in [0.25, 0.3) is 0 Å². The standard InChI is InChI=1S/C25H36F2N6O2/c1-4-24(34)33-13-7-10-30(19(2)3)9-6-11-31(16-20-14-21(26)22(27)15-23(20)33)25(35)8-5-12-32-18-28-17-29-32/h14-15,17-19H,4-13,16H2,1-3H3. The van der Waals surface area contributed by atoms with Gasteiger partial charge in [0.2, 0.25) is 11.8 Å². The van der Waals surface area contributed by atoms with E-state index in [1.807, 2.05) is 0 Å². The number of amides is 2. The number of nitrogens with zero attached hydrogens (tertiary/aromatic N) is 6. The van der Waals surface area contributed by atoms with E-state index in [2.05, 4.69) is 28.8 Å². The second-order valence-corrected chi connectivity index (χ2v) is 9.21. The Hall–Kier alpha value is -2.88. The molecule has 1 aromatic heterocycles. The first kappa shape index (κ1) is 26.7. The van der Waals surface area contributed by atoms with E-state index in [-0.39, 0.29) is 24.8 Å². The molecule has 1 aromatic carbocycles. The first-order valence-electron chi connectivity index (χ1n) is 12.4. The van der Waals surface area contributed by atoms with Gasteiger partial charge in [-0.05, 0) is 44.7 Å². The third kappa shape index (κ3) is 7.30. The molecular formula is C25H36F2N6O2. The van der Waals surface area contributed by atoms with Gasteiger partial charge in [-0.3, -0.25) is 14.3 Å². The van der Waals surface area contributed by atoms with E-state index in [9.17, 15) is 18.4 Å². The van der Waals surface area contributed by atoms with E-state index in [0.717, 1.165) is 31.6 Å². The van der Waals surface area contributed by atoms with Crippen molar-refractivity contribution in [3.63, 3.8) is 0 Å². The number of carbonyl (C=O) groups excluding carboxylic acids is 2. The van der Waals surface area contributed by atoms with Crippen molar-refractivity contribution < 1.29 is 18.4 Å². The normalized spacial score (nSPS) is 16.1. The van der Waals surface area contributed by atoms with Crippen LogP contribution in [0.4, 0.5) is 14.5 Å². The lowest BCUT2D eigenvalue weighted by molar-refractivity contribution is -0.132. The zero-order chi connectivity index (χ0) is 25.4. The monoisotopic (exact) mass is 490 g/mol. The maximum absolute atomic E-state index is 14.3. The molecule has 2 aromatic rings. The highest BCUT2D eigenvalue weighted by molar-refractivity contribution is 5.94. The van der Waals surface area contributed by atoms with Crippen LogP contribution in [0.25, 0.3) is 0 Å². The molecule has 0 radical (unpaired) electrons. The molecular weight excluding hydrogens is 454 g/mol. The van der Waals surface area contributed by atoms with Crippen LogP contribution in [0, 0.1) is 11.6 Å². The third-order valence-corrected chi connectivity index (χ3v) is 6.40. The van der Waals surface area contributed by atoms with E-state index in [4.69, 9.17) is 0 Å². The highest BCUT2D eigenvalue weighted by Gasteiger charge is 2.24. The fourth-order valence-electron chi connectivity index (χ4n) is 4.45. The summed E-state index contributed by atoms with van der Waals surface area (Å²) in [6.07, 6.45) is 5.67. The lowest BCUT2D eigenvalue weighted by atomic mass is 10.1. The van der Waals surface area contributed by atoms with E-state index in [0.29, 0.717) is 56.2 Å². The summed E-state index contributed by atoms with van der Waals surface area (Å²) in [7, 11) is 0. The number of aryl methyl sites for hydroxylation is 1. The van der Waals surface area contributed by atoms with Crippen molar-refractivity contribution in [1.29, 1.82) is 0 Å². The molecule has 0 N–H and O–H groups in total. The fraction of sp³-hybridized carbons (Fsp3) is 0.600. The second-order valence-electron chi connectivity index (χ2n) is 9.21. The molecule has 3 rings (SSSR count). The highest BCUT2D eigenvalue weighted by Crippen LogP contribution is 2.27. The summed E-state index contributed by atoms with van der Waals surface area (Å²) in [6.45, 7) is 9.17. The largest absolute Gasteiger partial charge is 0.338 e. The quantitative estimate of drug-likeness (QED) is 0.619. The highest BCUT2D eigenvalue weighted by atomic mass is 19.2. The SMILES string of the molecule is CCC(=O)N1CCCN(C(C)C)CCCN(C(=O)CCCn2cncn2)Cc2cc(F)c(F)cc21. The van der Waals surface area contributed by atoms with Gasteiger partial charge in [0.15, 0.2) is 11.6 Å². The number of hydrogen-bond acceptors (Lipinski definition) is 5. The molecule has 0 bridgehead atoms. The van der Waals surface area contributed by atoms with Crippen LogP contribution in [0.2, 0.25) is 0 Å². The van der Waals surface area contributed by atoms with Gasteiger partial charge in [-0.15, -0.1) is 0 Å². The van der Waals surface area contributed by atoms with E-state index in [1.54, 1.807) is 27.7 Å². The van der Waals surface area contributed by atoms with Crippen molar-refractivity contribution in [3.05, 3.63) is 42.0 Å². The van der Waals surface area contributed by atoms with Gasteiger partial charge in [0, 0.05) is 64.2 Å². The Kier molecular flexibility index (Phi) is 9.71. The molecule has 192 valence electrons. The van der Waals surface area contributed by atoms with Gasteiger partial charge in [0.1, 0.15) is 12.7 Å². The van der Waals surface area contributed by atoms with Gasteiger partial charge in [-0.2, -0.15) is 5.10 Å². The molecule has 0 aliphatic carbocycles. The van der Waals surface area contributed by atoms with E-state index in [1.165, 1.54) is 6.33 Å². The average molecular weight is 491 g/mol. The first-order valence-corrected chi connectivity index (χ1v) is 12.4. The molecule has 0 spiro atoms. The first-order chi connectivity index (χ1) is 16.8. The number of aromatic nitrogens is 3. The number of fused-ring (bicyclic) bond motifs is 1. The van der Waals surface area contributed by atoms with Gasteiger partial charge in [-0.25, -0.2) is 13.8 Å². The van der Waals surface area contributed by atoms with Crippen LogP contribution in [0.5, 0.6) is 0 Å². The Labute approximate surface area is 205 Å². The second kappa shape index (κ2) is 12.7. The van der Waals surface area contributed by atoms with Crippen molar-refractivity contribution in [2.45, 2.75) is 72.0 Å². The minimum absolute atomic E-state index is 0.0673. The lowest BCUT2D eigenvalue weighted by Crippen LogP contribution is -2.40. The topological polar surface area (TPSA) is 74.6 Å². The smallest absolute Gasteiger partial charge is 0.226 e. The number of hydrogen-bond donors (Lipinski definition) is 0. The zero-order valence-corrected chi connectivity index (χ0v) is 20.9. The Bertz CT molecular complexity index is 983. The summed E-state index contributed by atoms with van der Waals surface area (Å²) in [5.74, 6) is -2.21. The van der Waals surface area contributed by atoms with E-state index >= 15 is 0 Å². The number of anilines is 1. The van der Waals surface area contributed by atoms with Gasteiger partial charge in [0.05, 0.1) is 5.69 Å². The molecule has 2 amide bonds. The molecule has 10 heteroatoms. The zero-order valence-electron chi connectivity index (χ0n) is 20.9. The molecule has 35 heavy (non-hydrogen) atoms. The van der Waals surface area contributed by atoms with Crippen molar-refractivity contribution in [3.8, 4) is 0 Å². The van der Waals surface area contributed by atoms with Crippen molar-refractivity contribution in [2.24, 2.45) is 0 Å². The molecule has 0 saturated carbocycles. The summed E-state index contributed by atoms with van der Waals surface area (Å²) < 4.78 is 30.3. The Balaban J connectivity index is 1.89. The summed E-state index contributed by atoms with van der Waals surface area (Å²) in [5, 5.41) is 4.06. The maximum atomic E-state index is 14.3. The molecule has 0 fully saturated rings. The molecule has 0 saturated heterocycles. The predicted molar refractivity (Wildman–Crippen MR) is 130 cm³/mol. The van der Waals surface area contributed by atoms with Crippen LogP contribution < -0.4 is 4.90 Å². The van der Waals surface area contributed by atoms with E-state index < -0.39 is 11.6 Å². The average Bonchev–Trinajstić information content (AvgIpc) is 3.34. The van der Waals surface area contributed by atoms with Gasteiger partial charge < -0.3 is 14.7 Å². The summed E-state index contributed by atoms with van der Waals surface area (Å²) in [6, 6.07) is 2.54.